The second-order valence-corrected chi connectivity index (χ2v) is 6.56. The molecule has 0 aliphatic heterocycles. The maximum absolute atomic E-state index is 12.1. The van der Waals surface area contributed by atoms with Gasteiger partial charge in [-0.15, -0.1) is 0 Å². The van der Waals surface area contributed by atoms with Crippen molar-refractivity contribution in [2.24, 2.45) is 0 Å². The van der Waals surface area contributed by atoms with Crippen molar-refractivity contribution >= 4 is 34.9 Å². The number of fused-ring (bicyclic) bond motifs is 1. The summed E-state index contributed by atoms with van der Waals surface area (Å²) >= 11 is 12.2. The largest absolute Gasteiger partial charge is 0.334 e. The van der Waals surface area contributed by atoms with Crippen molar-refractivity contribution in [2.75, 3.05) is 0 Å². The molecule has 1 unspecified atom stereocenters. The topological polar surface area (TPSA) is 84.3 Å². The minimum Gasteiger partial charge on any atom is -0.334 e. The third kappa shape index (κ3) is 3.86. The molecule has 0 saturated carbocycles. The van der Waals surface area contributed by atoms with E-state index < -0.39 is 4.92 Å². The van der Waals surface area contributed by atoms with Crippen molar-refractivity contribution in [1.29, 1.82) is 0 Å². The summed E-state index contributed by atoms with van der Waals surface area (Å²) in [5.41, 5.74) is 2.60. The highest BCUT2D eigenvalue weighted by Gasteiger charge is 2.26. The van der Waals surface area contributed by atoms with Crippen molar-refractivity contribution in [3.05, 3.63) is 73.2 Å². The molecule has 0 aromatic heterocycles. The molecule has 1 atom stereocenters. The molecule has 0 radical (unpaired) electrons. The molecule has 0 spiro atoms. The van der Waals surface area contributed by atoms with Gasteiger partial charge in [-0.1, -0.05) is 41.4 Å². The number of rotatable bonds is 4. The molecule has 2 N–H and O–H groups in total. The highest BCUT2D eigenvalue weighted by atomic mass is 35.5. The van der Waals surface area contributed by atoms with Crippen molar-refractivity contribution in [3.8, 4) is 0 Å². The van der Waals surface area contributed by atoms with E-state index in [1.807, 2.05) is 6.07 Å². The van der Waals surface area contributed by atoms with E-state index in [2.05, 4.69) is 10.6 Å². The third-order valence-electron chi connectivity index (χ3n) is 4.17. The molecule has 1 aliphatic carbocycles. The molecular weight excluding hydrogens is 365 g/mol. The van der Waals surface area contributed by atoms with E-state index in [4.69, 9.17) is 23.2 Å². The van der Waals surface area contributed by atoms with Crippen LogP contribution in [0.3, 0.4) is 0 Å². The van der Waals surface area contributed by atoms with Crippen LogP contribution in [0.25, 0.3) is 0 Å². The zero-order valence-electron chi connectivity index (χ0n) is 13.1. The number of nitro groups is 1. The molecule has 0 saturated heterocycles. The molecule has 2 amide bonds. The lowest BCUT2D eigenvalue weighted by molar-refractivity contribution is -0.384. The smallest absolute Gasteiger partial charge is 0.315 e. The van der Waals surface area contributed by atoms with Gasteiger partial charge in [0.05, 0.1) is 21.0 Å². The van der Waals surface area contributed by atoms with Gasteiger partial charge in [-0.3, -0.25) is 10.1 Å². The van der Waals surface area contributed by atoms with Gasteiger partial charge in [-0.05, 0) is 35.6 Å². The molecule has 1 aliphatic rings. The Labute approximate surface area is 154 Å². The molecule has 6 nitrogen and oxygen atoms in total. The van der Waals surface area contributed by atoms with Crippen LogP contribution in [0.15, 0.2) is 36.4 Å². The summed E-state index contributed by atoms with van der Waals surface area (Å²) in [6, 6.07) is 9.30. The highest BCUT2D eigenvalue weighted by molar-refractivity contribution is 6.42. The molecule has 0 bridgehead atoms. The summed E-state index contributed by atoms with van der Waals surface area (Å²) in [5, 5.41) is 17.4. The molecular formula is C17H15Cl2N3O3. The van der Waals surface area contributed by atoms with E-state index in [0.29, 0.717) is 15.6 Å². The van der Waals surface area contributed by atoms with Crippen molar-refractivity contribution in [3.63, 3.8) is 0 Å². The number of hydrogen-bond acceptors (Lipinski definition) is 3. The minimum atomic E-state index is -0.464. The lowest BCUT2D eigenvalue weighted by atomic mass is 10.1. The fourth-order valence-electron chi connectivity index (χ4n) is 2.95. The minimum absolute atomic E-state index is 0.00375. The maximum atomic E-state index is 12.1. The maximum Gasteiger partial charge on any atom is 0.315 e. The number of hydrogen-bond donors (Lipinski definition) is 2. The first kappa shape index (κ1) is 17.5. The van der Waals surface area contributed by atoms with Gasteiger partial charge < -0.3 is 10.6 Å². The summed E-state index contributed by atoms with van der Waals surface area (Å²) in [6.45, 7) is 0.203. The Morgan fingerprint density at radius 1 is 1.28 bits per heavy atom. The lowest BCUT2D eigenvalue weighted by Crippen LogP contribution is -2.36. The van der Waals surface area contributed by atoms with Gasteiger partial charge in [0.25, 0.3) is 5.69 Å². The van der Waals surface area contributed by atoms with Crippen LogP contribution in [0.2, 0.25) is 10.0 Å². The lowest BCUT2D eigenvalue weighted by Gasteiger charge is -2.15. The van der Waals surface area contributed by atoms with Gasteiger partial charge in [0.15, 0.2) is 0 Å². The molecule has 0 heterocycles. The number of nitrogens with zero attached hydrogens (tertiary/aromatic N) is 1. The Morgan fingerprint density at radius 3 is 2.84 bits per heavy atom. The Kier molecular flexibility index (Phi) is 5.11. The van der Waals surface area contributed by atoms with E-state index in [9.17, 15) is 14.9 Å². The number of carbonyl (C=O) groups excluding carboxylic acids is 1. The fourth-order valence-corrected chi connectivity index (χ4v) is 3.40. The van der Waals surface area contributed by atoms with Crippen LogP contribution in [0.5, 0.6) is 0 Å². The number of benzene rings is 2. The van der Waals surface area contributed by atoms with Gasteiger partial charge in [-0.2, -0.15) is 0 Å². The van der Waals surface area contributed by atoms with Gasteiger partial charge in [0.1, 0.15) is 0 Å². The SMILES string of the molecule is O=C(NCc1cccc([N+](=O)[O-])c1)NC1CCc2c1ccc(Cl)c2Cl. The number of amides is 2. The van der Waals surface area contributed by atoms with Crippen LogP contribution in [0, 0.1) is 10.1 Å². The van der Waals surface area contributed by atoms with Gasteiger partial charge in [0, 0.05) is 18.7 Å². The summed E-state index contributed by atoms with van der Waals surface area (Å²) in [6.07, 6.45) is 1.50. The fraction of sp³-hybridized carbons (Fsp3) is 0.235. The summed E-state index contributed by atoms with van der Waals surface area (Å²) in [7, 11) is 0. The summed E-state index contributed by atoms with van der Waals surface area (Å²) < 4.78 is 0. The monoisotopic (exact) mass is 379 g/mol. The predicted molar refractivity (Wildman–Crippen MR) is 96.0 cm³/mol. The molecule has 8 heteroatoms. The summed E-state index contributed by atoms with van der Waals surface area (Å²) in [5.74, 6) is 0. The van der Waals surface area contributed by atoms with Gasteiger partial charge >= 0.3 is 6.03 Å². The first-order chi connectivity index (χ1) is 12.0. The molecule has 25 heavy (non-hydrogen) atoms. The number of nitrogens with one attached hydrogen (secondary N) is 2. The van der Waals surface area contributed by atoms with Gasteiger partial charge in [0.2, 0.25) is 0 Å². The second-order valence-electron chi connectivity index (χ2n) is 5.77. The Bertz CT molecular complexity index is 842. The zero-order valence-corrected chi connectivity index (χ0v) is 14.6. The van der Waals surface area contributed by atoms with E-state index in [1.54, 1.807) is 18.2 Å². The number of carbonyl (C=O) groups is 1. The first-order valence-corrected chi connectivity index (χ1v) is 8.46. The number of nitro benzene ring substituents is 1. The average Bonchev–Trinajstić information content (AvgIpc) is 3.00. The zero-order chi connectivity index (χ0) is 18.0. The summed E-state index contributed by atoms with van der Waals surface area (Å²) in [4.78, 5) is 22.4. The van der Waals surface area contributed by atoms with Gasteiger partial charge in [-0.25, -0.2) is 4.79 Å². The van der Waals surface area contributed by atoms with Crippen molar-refractivity contribution in [1.82, 2.24) is 10.6 Å². The molecule has 0 fully saturated rings. The second kappa shape index (κ2) is 7.29. The molecule has 130 valence electrons. The Hall–Kier alpha value is -2.31. The first-order valence-electron chi connectivity index (χ1n) is 7.70. The van der Waals surface area contributed by atoms with E-state index in [0.717, 1.165) is 24.0 Å². The van der Waals surface area contributed by atoms with E-state index in [-0.39, 0.29) is 24.3 Å². The van der Waals surface area contributed by atoms with Crippen LogP contribution >= 0.6 is 23.2 Å². The quantitative estimate of drug-likeness (QED) is 0.610. The van der Waals surface area contributed by atoms with E-state index >= 15 is 0 Å². The Morgan fingerprint density at radius 2 is 2.08 bits per heavy atom. The van der Waals surface area contributed by atoms with E-state index in [1.165, 1.54) is 12.1 Å². The van der Waals surface area contributed by atoms with Crippen LogP contribution < -0.4 is 10.6 Å². The molecule has 3 rings (SSSR count). The van der Waals surface area contributed by atoms with Crippen LogP contribution in [0.1, 0.15) is 29.2 Å². The Balaban J connectivity index is 1.61. The predicted octanol–water partition coefficient (Wildman–Crippen LogP) is 4.39. The number of urea groups is 1. The standard InChI is InChI=1S/C17H15Cl2N3O3/c18-14-6-4-12-13(16(14)19)5-7-15(12)21-17(23)20-9-10-2-1-3-11(8-10)22(24)25/h1-4,6,8,15H,5,7,9H2,(H2,20,21,23). The van der Waals surface area contributed by atoms with Crippen LogP contribution in [-0.4, -0.2) is 11.0 Å². The third-order valence-corrected chi connectivity index (χ3v) is 5.01. The average molecular weight is 380 g/mol. The van der Waals surface area contributed by atoms with Crippen molar-refractivity contribution < 1.29 is 9.72 Å². The number of non-ortho nitro benzene ring substituents is 1. The normalized spacial score (nSPS) is 15.5. The number of halogens is 2. The van der Waals surface area contributed by atoms with Crippen LogP contribution in [-0.2, 0) is 13.0 Å². The van der Waals surface area contributed by atoms with Crippen LogP contribution in [0.4, 0.5) is 10.5 Å². The highest BCUT2D eigenvalue weighted by Crippen LogP contribution is 2.38. The molecule has 2 aromatic carbocycles. The molecule has 2 aromatic rings. The van der Waals surface area contributed by atoms with Crippen molar-refractivity contribution in [2.45, 2.75) is 25.4 Å².